The number of aryl methyl sites for hydroxylation is 1. The van der Waals surface area contributed by atoms with E-state index in [0.29, 0.717) is 0 Å². The molecule has 1 aromatic heterocycles. The van der Waals surface area contributed by atoms with Crippen molar-refractivity contribution in [3.63, 3.8) is 0 Å². The molecule has 2 bridgehead atoms. The van der Waals surface area contributed by atoms with E-state index in [4.69, 9.17) is 0 Å². The highest BCUT2D eigenvalue weighted by atomic mass is 15.0. The Morgan fingerprint density at radius 2 is 2.28 bits per heavy atom. The zero-order valence-corrected chi connectivity index (χ0v) is 11.6. The molecule has 3 atom stereocenters. The maximum absolute atomic E-state index is 3.69. The van der Waals surface area contributed by atoms with Gasteiger partial charge in [0.25, 0.3) is 0 Å². The fourth-order valence-electron chi connectivity index (χ4n) is 4.08. The molecule has 2 nitrogen and oxygen atoms in total. The number of aromatic nitrogens is 1. The van der Waals surface area contributed by atoms with Crippen LogP contribution >= 0.6 is 0 Å². The molecule has 100 valence electrons. The summed E-state index contributed by atoms with van der Waals surface area (Å²) in [5.41, 5.74) is 1.44. The van der Waals surface area contributed by atoms with E-state index in [-0.39, 0.29) is 0 Å². The van der Waals surface area contributed by atoms with Crippen LogP contribution < -0.4 is 5.32 Å². The highest BCUT2D eigenvalue weighted by Gasteiger charge is 2.38. The van der Waals surface area contributed by atoms with Crippen LogP contribution in [0.3, 0.4) is 0 Å². The number of hydrogen-bond donors (Lipinski definition) is 1. The second kappa shape index (κ2) is 5.48. The molecule has 2 saturated carbocycles. The summed E-state index contributed by atoms with van der Waals surface area (Å²) in [6.07, 6.45) is 9.46. The number of rotatable bonds is 6. The third-order valence-corrected chi connectivity index (χ3v) is 4.99. The van der Waals surface area contributed by atoms with Crippen molar-refractivity contribution in [1.82, 2.24) is 9.88 Å². The zero-order chi connectivity index (χ0) is 12.4. The molecule has 3 unspecified atom stereocenters. The van der Waals surface area contributed by atoms with Crippen LogP contribution in [0.5, 0.6) is 0 Å². The van der Waals surface area contributed by atoms with Gasteiger partial charge in [-0.2, -0.15) is 0 Å². The first kappa shape index (κ1) is 12.3. The minimum Gasteiger partial charge on any atom is -0.350 e. The van der Waals surface area contributed by atoms with Crippen LogP contribution in [0, 0.1) is 17.8 Å². The van der Waals surface area contributed by atoms with Gasteiger partial charge in [-0.1, -0.05) is 13.3 Å². The maximum atomic E-state index is 3.69. The summed E-state index contributed by atoms with van der Waals surface area (Å²) < 4.78 is 2.38. The molecule has 0 radical (unpaired) electrons. The molecular weight excluding hydrogens is 220 g/mol. The highest BCUT2D eigenvalue weighted by Crippen LogP contribution is 2.47. The van der Waals surface area contributed by atoms with E-state index in [0.717, 1.165) is 30.8 Å². The van der Waals surface area contributed by atoms with E-state index >= 15 is 0 Å². The van der Waals surface area contributed by atoms with Crippen molar-refractivity contribution in [2.24, 2.45) is 17.8 Å². The molecule has 0 spiro atoms. The lowest BCUT2D eigenvalue weighted by Gasteiger charge is -2.22. The number of nitrogens with zero attached hydrogens (tertiary/aromatic N) is 1. The normalized spacial score (nSPS) is 30.2. The van der Waals surface area contributed by atoms with Crippen molar-refractivity contribution in [2.45, 2.75) is 52.1 Å². The monoisotopic (exact) mass is 246 g/mol. The van der Waals surface area contributed by atoms with E-state index in [1.54, 1.807) is 0 Å². The fourth-order valence-corrected chi connectivity index (χ4v) is 4.08. The van der Waals surface area contributed by atoms with Crippen LogP contribution in [0.25, 0.3) is 0 Å². The van der Waals surface area contributed by atoms with E-state index in [1.165, 1.54) is 44.3 Å². The highest BCUT2D eigenvalue weighted by molar-refractivity contribution is 5.07. The molecule has 1 aromatic rings. The topological polar surface area (TPSA) is 17.0 Å². The lowest BCUT2D eigenvalue weighted by molar-refractivity contribution is 0.317. The molecule has 0 aliphatic heterocycles. The summed E-state index contributed by atoms with van der Waals surface area (Å²) in [6.45, 7) is 5.67. The number of hydrogen-bond acceptors (Lipinski definition) is 1. The Labute approximate surface area is 111 Å². The van der Waals surface area contributed by atoms with Crippen LogP contribution in [0.15, 0.2) is 18.3 Å². The van der Waals surface area contributed by atoms with Gasteiger partial charge in [-0.3, -0.25) is 0 Å². The predicted molar refractivity (Wildman–Crippen MR) is 75.4 cm³/mol. The van der Waals surface area contributed by atoms with E-state index in [9.17, 15) is 0 Å². The summed E-state index contributed by atoms with van der Waals surface area (Å²) in [7, 11) is 0. The second-order valence-corrected chi connectivity index (χ2v) is 6.26. The molecule has 0 amide bonds. The van der Waals surface area contributed by atoms with Gasteiger partial charge >= 0.3 is 0 Å². The van der Waals surface area contributed by atoms with Crippen LogP contribution in [-0.2, 0) is 13.1 Å². The molecule has 1 heterocycles. The van der Waals surface area contributed by atoms with Gasteiger partial charge in [0.05, 0.1) is 0 Å². The summed E-state index contributed by atoms with van der Waals surface area (Å²) in [5, 5.41) is 3.69. The van der Waals surface area contributed by atoms with Crippen molar-refractivity contribution in [1.29, 1.82) is 0 Å². The largest absolute Gasteiger partial charge is 0.350 e. The predicted octanol–water partition coefficient (Wildman–Crippen LogP) is 3.42. The number of fused-ring (bicyclic) bond motifs is 2. The Hall–Kier alpha value is -0.760. The number of nitrogens with one attached hydrogen (secondary N) is 1. The Morgan fingerprint density at radius 1 is 1.33 bits per heavy atom. The molecule has 2 aliphatic rings. The molecule has 2 aliphatic carbocycles. The van der Waals surface area contributed by atoms with E-state index < -0.39 is 0 Å². The average Bonchev–Trinajstić information content (AvgIpc) is 3.06. The molecule has 1 N–H and O–H groups in total. The van der Waals surface area contributed by atoms with Gasteiger partial charge in [0.2, 0.25) is 0 Å². The van der Waals surface area contributed by atoms with Gasteiger partial charge in [0.15, 0.2) is 0 Å². The van der Waals surface area contributed by atoms with Gasteiger partial charge in [-0.25, -0.2) is 0 Å². The summed E-state index contributed by atoms with van der Waals surface area (Å²) in [5.74, 6) is 3.09. The third-order valence-electron chi connectivity index (χ3n) is 4.99. The quantitative estimate of drug-likeness (QED) is 0.814. The smallest absolute Gasteiger partial charge is 0.0359 e. The first-order valence-corrected chi connectivity index (χ1v) is 7.71. The summed E-state index contributed by atoms with van der Waals surface area (Å²) in [6, 6.07) is 4.42. The Morgan fingerprint density at radius 3 is 3.00 bits per heavy atom. The molecular formula is C16H26N2. The minimum atomic E-state index is 0.971. The average molecular weight is 246 g/mol. The molecule has 2 fully saturated rings. The maximum Gasteiger partial charge on any atom is 0.0359 e. The molecule has 2 heteroatoms. The van der Waals surface area contributed by atoms with E-state index in [2.05, 4.69) is 35.1 Å². The summed E-state index contributed by atoms with van der Waals surface area (Å²) in [4.78, 5) is 0. The van der Waals surface area contributed by atoms with Gasteiger partial charge in [-0.05, 0) is 62.1 Å². The van der Waals surface area contributed by atoms with Gasteiger partial charge in [-0.15, -0.1) is 0 Å². The van der Waals surface area contributed by atoms with Crippen molar-refractivity contribution < 1.29 is 0 Å². The van der Waals surface area contributed by atoms with Crippen LogP contribution in [0.2, 0.25) is 0 Å². The SMILES string of the molecule is CCCn1cccc1CNCC1CC2CCC1C2. The zero-order valence-electron chi connectivity index (χ0n) is 11.6. The van der Waals surface area contributed by atoms with Gasteiger partial charge in [0.1, 0.15) is 0 Å². The molecule has 0 saturated heterocycles. The first-order chi connectivity index (χ1) is 8.86. The molecule has 0 aromatic carbocycles. The van der Waals surface area contributed by atoms with E-state index in [1.807, 2.05) is 0 Å². The Kier molecular flexibility index (Phi) is 3.74. The second-order valence-electron chi connectivity index (χ2n) is 6.26. The third kappa shape index (κ3) is 2.49. The van der Waals surface area contributed by atoms with Crippen molar-refractivity contribution >= 4 is 0 Å². The standard InChI is InChI=1S/C16H26N2/c1-2-7-18-8-3-4-16(18)12-17-11-15-10-13-5-6-14(15)9-13/h3-4,8,13-15,17H,2,5-7,9-12H2,1H3. The van der Waals surface area contributed by atoms with Crippen LogP contribution in [-0.4, -0.2) is 11.1 Å². The van der Waals surface area contributed by atoms with Crippen molar-refractivity contribution in [3.05, 3.63) is 24.0 Å². The minimum absolute atomic E-state index is 0.971. The molecule has 3 rings (SSSR count). The first-order valence-electron chi connectivity index (χ1n) is 7.71. The van der Waals surface area contributed by atoms with Crippen LogP contribution in [0.1, 0.15) is 44.7 Å². The van der Waals surface area contributed by atoms with Gasteiger partial charge in [0, 0.05) is 25.0 Å². The summed E-state index contributed by atoms with van der Waals surface area (Å²) >= 11 is 0. The van der Waals surface area contributed by atoms with Gasteiger partial charge < -0.3 is 9.88 Å². The Bertz CT molecular complexity index is 382. The Balaban J connectivity index is 1.45. The fraction of sp³-hybridized carbons (Fsp3) is 0.750. The van der Waals surface area contributed by atoms with Crippen molar-refractivity contribution in [2.75, 3.05) is 6.54 Å². The lowest BCUT2D eigenvalue weighted by atomic mass is 9.89. The van der Waals surface area contributed by atoms with Crippen LogP contribution in [0.4, 0.5) is 0 Å². The molecule has 18 heavy (non-hydrogen) atoms. The van der Waals surface area contributed by atoms with Crippen molar-refractivity contribution in [3.8, 4) is 0 Å². The lowest BCUT2D eigenvalue weighted by Crippen LogP contribution is -2.27.